The Morgan fingerprint density at radius 1 is 1.10 bits per heavy atom. The highest BCUT2D eigenvalue weighted by Gasteiger charge is 2.32. The van der Waals surface area contributed by atoms with Gasteiger partial charge in [-0.3, -0.25) is 24.4 Å². The van der Waals surface area contributed by atoms with E-state index < -0.39 is 5.92 Å². The monoisotopic (exact) mass is 671 g/mol. The van der Waals surface area contributed by atoms with Crippen molar-refractivity contribution < 1.29 is 19.1 Å². The first-order valence-electron chi connectivity index (χ1n) is 16.2. The van der Waals surface area contributed by atoms with Gasteiger partial charge in [-0.1, -0.05) is 18.5 Å². The minimum Gasteiger partial charge on any atom is -0.383 e. The number of anilines is 5. The third-order valence-corrected chi connectivity index (χ3v) is 9.79. The summed E-state index contributed by atoms with van der Waals surface area (Å²) in [6.45, 7) is 4.73. The molecule has 48 heavy (non-hydrogen) atoms. The summed E-state index contributed by atoms with van der Waals surface area (Å²) in [4.78, 5) is 50.0. The summed E-state index contributed by atoms with van der Waals surface area (Å²) in [5, 5.41) is 15.5. The van der Waals surface area contributed by atoms with Gasteiger partial charge < -0.3 is 25.2 Å². The van der Waals surface area contributed by atoms with E-state index in [1.807, 2.05) is 37.4 Å². The molecule has 7 rings (SSSR count). The zero-order valence-corrected chi connectivity index (χ0v) is 27.9. The highest BCUT2D eigenvalue weighted by atomic mass is 35.5. The largest absolute Gasteiger partial charge is 0.383 e. The second kappa shape index (κ2) is 13.0. The molecule has 2 aromatic carbocycles. The molecule has 14 heteroatoms. The Bertz CT molecular complexity index is 1910. The minimum absolute atomic E-state index is 0.0602. The van der Waals surface area contributed by atoms with Crippen LogP contribution in [0.2, 0.25) is 5.02 Å². The lowest BCUT2D eigenvalue weighted by Crippen LogP contribution is -2.46. The molecule has 2 saturated heterocycles. The predicted octanol–water partition coefficient (Wildman–Crippen LogP) is 4.14. The molecule has 13 nitrogen and oxygen atoms in total. The number of amides is 3. The van der Waals surface area contributed by atoms with Crippen molar-refractivity contribution in [1.82, 2.24) is 25.1 Å². The van der Waals surface area contributed by atoms with E-state index in [4.69, 9.17) is 21.3 Å². The summed E-state index contributed by atoms with van der Waals surface area (Å²) in [6.07, 6.45) is 3.62. The number of hydrogen-bond donors (Lipinski definition) is 3. The van der Waals surface area contributed by atoms with E-state index in [-0.39, 0.29) is 29.7 Å². The van der Waals surface area contributed by atoms with Crippen molar-refractivity contribution in [3.8, 4) is 0 Å². The quantitative estimate of drug-likeness (QED) is 0.222. The zero-order chi connectivity index (χ0) is 33.5. The number of hydrogen-bond acceptors (Lipinski definition) is 10. The first kappa shape index (κ1) is 31.8. The maximum atomic E-state index is 12.5. The summed E-state index contributed by atoms with van der Waals surface area (Å²) >= 11 is 6.53. The van der Waals surface area contributed by atoms with Crippen LogP contribution in [-0.4, -0.2) is 76.9 Å². The molecule has 3 N–H and O–H groups in total. The van der Waals surface area contributed by atoms with Crippen molar-refractivity contribution in [2.75, 3.05) is 53.8 Å². The molecule has 4 aromatic rings. The number of nitrogens with one attached hydrogen (secondary N) is 3. The smallest absolute Gasteiger partial charge is 0.235 e. The SMILES string of the molecule is COCCN1C(=O)Cc2cc(Nc3nc(N4CC[C@@H](Nc5ccc6c([C@@H]7CCC(=O)NC7=O)nn(C)c6c5)[C@H](C)C4)ncc3Cl)ccc21. The number of halogens is 1. The van der Waals surface area contributed by atoms with E-state index in [2.05, 4.69) is 43.9 Å². The van der Waals surface area contributed by atoms with Crippen LogP contribution in [0.5, 0.6) is 0 Å². The van der Waals surface area contributed by atoms with Gasteiger partial charge in [0, 0.05) is 68.7 Å². The van der Waals surface area contributed by atoms with Crippen LogP contribution in [0.25, 0.3) is 10.9 Å². The molecule has 0 saturated carbocycles. The van der Waals surface area contributed by atoms with Crippen LogP contribution in [0.1, 0.15) is 43.4 Å². The van der Waals surface area contributed by atoms with Gasteiger partial charge in [0.25, 0.3) is 0 Å². The molecule has 2 aromatic heterocycles. The number of ether oxygens (including phenoxy) is 1. The zero-order valence-electron chi connectivity index (χ0n) is 27.1. The van der Waals surface area contributed by atoms with Gasteiger partial charge in [-0.2, -0.15) is 10.1 Å². The molecule has 3 aliphatic rings. The number of nitrogens with zero attached hydrogens (tertiary/aromatic N) is 6. The Morgan fingerprint density at radius 3 is 2.73 bits per heavy atom. The van der Waals surface area contributed by atoms with Crippen molar-refractivity contribution in [3.05, 3.63) is 58.9 Å². The standard InChI is InChI=1S/C34H38ClN9O4/c1-19-18-43(34-36-17-25(35)32(40-34)38-21-5-8-27-20(14-21)15-30(46)44(27)12-13-48-3)11-10-26(19)37-22-4-6-23-28(16-22)42(2)41-31(23)24-7-9-29(45)39-33(24)47/h4-6,8,14,16-17,19,24,26,37H,7,9-13,15,18H2,1-3H3,(H,36,38,40)(H,39,45,47)/t19-,24+,26-/m1/s1. The van der Waals surface area contributed by atoms with E-state index >= 15 is 0 Å². The maximum absolute atomic E-state index is 12.5. The third-order valence-electron chi connectivity index (χ3n) is 9.52. The number of imide groups is 1. The van der Waals surface area contributed by atoms with E-state index in [0.717, 1.165) is 53.0 Å². The van der Waals surface area contributed by atoms with E-state index in [0.29, 0.717) is 54.9 Å². The van der Waals surface area contributed by atoms with Crippen LogP contribution in [-0.2, 0) is 32.6 Å². The van der Waals surface area contributed by atoms with Gasteiger partial charge in [0.1, 0.15) is 5.02 Å². The summed E-state index contributed by atoms with van der Waals surface area (Å²) in [5.41, 5.74) is 5.27. The van der Waals surface area contributed by atoms with Crippen LogP contribution < -0.4 is 25.8 Å². The number of piperidine rings is 2. The van der Waals surface area contributed by atoms with Gasteiger partial charge in [-0.05, 0) is 60.7 Å². The van der Waals surface area contributed by atoms with Crippen LogP contribution >= 0.6 is 11.6 Å². The fraction of sp³-hybridized carbons (Fsp3) is 0.412. The Kier molecular flexibility index (Phi) is 8.65. The number of rotatable bonds is 9. The van der Waals surface area contributed by atoms with E-state index in [1.165, 1.54) is 0 Å². The number of benzene rings is 2. The first-order chi connectivity index (χ1) is 23.2. The van der Waals surface area contributed by atoms with Gasteiger partial charge in [0.05, 0.1) is 36.4 Å². The predicted molar refractivity (Wildman–Crippen MR) is 184 cm³/mol. The minimum atomic E-state index is -0.434. The Labute approximate surface area is 283 Å². The summed E-state index contributed by atoms with van der Waals surface area (Å²) in [6, 6.07) is 12.2. The lowest BCUT2D eigenvalue weighted by atomic mass is 9.92. The van der Waals surface area contributed by atoms with Crippen molar-refractivity contribution in [2.24, 2.45) is 13.0 Å². The molecule has 0 bridgehead atoms. The number of carbonyl (C=O) groups excluding carboxylic acids is 3. The fourth-order valence-corrected chi connectivity index (χ4v) is 7.10. The molecule has 3 amide bonds. The molecular formula is C34H38ClN9O4. The van der Waals surface area contributed by atoms with Gasteiger partial charge in [-0.25, -0.2) is 4.98 Å². The number of methoxy groups -OCH3 is 1. The summed E-state index contributed by atoms with van der Waals surface area (Å²) < 4.78 is 6.96. The molecule has 0 spiro atoms. The fourth-order valence-electron chi connectivity index (χ4n) is 6.97. The molecule has 3 aliphatic heterocycles. The van der Waals surface area contributed by atoms with Crippen molar-refractivity contribution >= 4 is 69.1 Å². The van der Waals surface area contributed by atoms with Crippen molar-refractivity contribution in [2.45, 2.75) is 44.6 Å². The first-order valence-corrected chi connectivity index (χ1v) is 16.6. The second-order valence-electron chi connectivity index (χ2n) is 12.8. The summed E-state index contributed by atoms with van der Waals surface area (Å²) in [5.74, 6) is 0.506. The highest BCUT2D eigenvalue weighted by molar-refractivity contribution is 6.33. The van der Waals surface area contributed by atoms with Crippen LogP contribution in [0.15, 0.2) is 42.6 Å². The van der Waals surface area contributed by atoms with Crippen LogP contribution in [0.3, 0.4) is 0 Å². The Hall–Kier alpha value is -4.75. The van der Waals surface area contributed by atoms with Gasteiger partial charge in [0.2, 0.25) is 23.7 Å². The van der Waals surface area contributed by atoms with Crippen molar-refractivity contribution in [3.63, 3.8) is 0 Å². The average Bonchev–Trinajstić information content (AvgIpc) is 3.56. The number of aryl methyl sites for hydroxylation is 1. The second-order valence-corrected chi connectivity index (χ2v) is 13.2. The maximum Gasteiger partial charge on any atom is 0.235 e. The number of aromatic nitrogens is 4. The third kappa shape index (κ3) is 6.15. The van der Waals surface area contributed by atoms with E-state index in [9.17, 15) is 14.4 Å². The van der Waals surface area contributed by atoms with Gasteiger partial charge >= 0.3 is 0 Å². The number of carbonyl (C=O) groups is 3. The summed E-state index contributed by atoms with van der Waals surface area (Å²) in [7, 11) is 3.50. The topological polar surface area (TPSA) is 147 Å². The lowest BCUT2D eigenvalue weighted by molar-refractivity contribution is -0.134. The van der Waals surface area contributed by atoms with Crippen LogP contribution in [0, 0.1) is 5.92 Å². The van der Waals surface area contributed by atoms with Crippen LogP contribution in [0.4, 0.5) is 28.8 Å². The van der Waals surface area contributed by atoms with Gasteiger partial charge in [-0.15, -0.1) is 0 Å². The lowest BCUT2D eigenvalue weighted by Gasteiger charge is -2.37. The molecular weight excluding hydrogens is 634 g/mol. The molecule has 0 unspecified atom stereocenters. The van der Waals surface area contributed by atoms with Gasteiger partial charge in [0.15, 0.2) is 5.82 Å². The Balaban J connectivity index is 1.01. The molecule has 250 valence electrons. The van der Waals surface area contributed by atoms with Crippen molar-refractivity contribution in [1.29, 1.82) is 0 Å². The highest BCUT2D eigenvalue weighted by Crippen LogP contribution is 2.35. The normalized spacial score (nSPS) is 21.1. The van der Waals surface area contributed by atoms with E-state index in [1.54, 1.807) is 22.9 Å². The molecule has 0 radical (unpaired) electrons. The Morgan fingerprint density at radius 2 is 1.94 bits per heavy atom. The molecule has 2 fully saturated rings. The average molecular weight is 672 g/mol. The molecule has 5 heterocycles. The number of fused-ring (bicyclic) bond motifs is 2. The molecule has 0 aliphatic carbocycles. The molecule has 3 atom stereocenters.